The summed E-state index contributed by atoms with van der Waals surface area (Å²) in [6.07, 6.45) is 1.03. The van der Waals surface area contributed by atoms with Gasteiger partial charge in [-0.3, -0.25) is 14.9 Å². The average molecular weight is 346 g/mol. The maximum atomic E-state index is 13.3. The predicted octanol–water partition coefficient (Wildman–Crippen LogP) is 4.26. The second-order valence-electron chi connectivity index (χ2n) is 5.64. The molecule has 25 heavy (non-hydrogen) atoms. The van der Waals surface area contributed by atoms with Gasteiger partial charge in [0.15, 0.2) is 6.61 Å². The highest BCUT2D eigenvalue weighted by atomic mass is 19.1. The molecule has 0 aliphatic rings. The molecular formula is C18H19FN2O4. The Morgan fingerprint density at radius 2 is 1.96 bits per heavy atom. The lowest BCUT2D eigenvalue weighted by molar-refractivity contribution is -0.387. The van der Waals surface area contributed by atoms with Crippen LogP contribution in [0.4, 0.5) is 15.8 Å². The van der Waals surface area contributed by atoms with E-state index < -0.39 is 22.3 Å². The Morgan fingerprint density at radius 1 is 1.28 bits per heavy atom. The molecule has 2 rings (SSSR count). The van der Waals surface area contributed by atoms with Gasteiger partial charge < -0.3 is 10.1 Å². The number of ether oxygens (including phenoxy) is 1. The molecule has 0 radical (unpaired) electrons. The van der Waals surface area contributed by atoms with Crippen molar-refractivity contribution in [2.45, 2.75) is 26.2 Å². The topological polar surface area (TPSA) is 81.5 Å². The molecule has 0 spiro atoms. The van der Waals surface area contributed by atoms with Crippen LogP contribution in [0.2, 0.25) is 0 Å². The number of nitrogens with one attached hydrogen (secondary N) is 1. The van der Waals surface area contributed by atoms with Gasteiger partial charge in [0.25, 0.3) is 5.91 Å². The normalized spacial score (nSPS) is 11.6. The third kappa shape index (κ3) is 5.00. The molecule has 0 aliphatic carbocycles. The van der Waals surface area contributed by atoms with E-state index in [1.54, 1.807) is 12.1 Å². The van der Waals surface area contributed by atoms with E-state index in [0.717, 1.165) is 18.6 Å². The predicted molar refractivity (Wildman–Crippen MR) is 92.3 cm³/mol. The highest BCUT2D eigenvalue weighted by Crippen LogP contribution is 2.23. The minimum Gasteiger partial charge on any atom is -0.484 e. The van der Waals surface area contributed by atoms with E-state index >= 15 is 0 Å². The maximum Gasteiger partial charge on any atom is 0.306 e. The second kappa shape index (κ2) is 8.23. The molecule has 0 fully saturated rings. The Kier molecular flexibility index (Phi) is 6.05. The van der Waals surface area contributed by atoms with E-state index in [9.17, 15) is 19.3 Å². The smallest absolute Gasteiger partial charge is 0.306 e. The molecule has 1 unspecified atom stereocenters. The first-order valence-electron chi connectivity index (χ1n) is 7.87. The number of halogens is 1. The lowest BCUT2D eigenvalue weighted by Crippen LogP contribution is -2.20. The summed E-state index contributed by atoms with van der Waals surface area (Å²) in [7, 11) is 0. The fraction of sp³-hybridized carbons (Fsp3) is 0.278. The molecule has 0 heterocycles. The van der Waals surface area contributed by atoms with Crippen LogP contribution in [-0.2, 0) is 4.79 Å². The molecule has 1 amide bonds. The Balaban J connectivity index is 1.92. The molecule has 132 valence electrons. The summed E-state index contributed by atoms with van der Waals surface area (Å²) in [5.41, 5.74) is 0.631. The van der Waals surface area contributed by atoms with Gasteiger partial charge in [-0.05, 0) is 42.2 Å². The van der Waals surface area contributed by atoms with E-state index in [2.05, 4.69) is 19.2 Å². The van der Waals surface area contributed by atoms with Crippen molar-refractivity contribution in [1.82, 2.24) is 0 Å². The Bertz CT molecular complexity index is 762. The van der Waals surface area contributed by atoms with Gasteiger partial charge in [-0.15, -0.1) is 0 Å². The van der Waals surface area contributed by atoms with Crippen LogP contribution in [0.1, 0.15) is 31.7 Å². The van der Waals surface area contributed by atoms with Crippen molar-refractivity contribution in [3.63, 3.8) is 0 Å². The van der Waals surface area contributed by atoms with Gasteiger partial charge in [-0.1, -0.05) is 26.0 Å². The standard InChI is InChI=1S/C18H19FN2O4/c1-3-12(2)13-4-7-15(8-5-13)25-11-18(22)20-14-6-9-16(19)17(10-14)21(23)24/h4-10,12H,3,11H2,1-2H3,(H,20,22). The van der Waals surface area contributed by atoms with Crippen LogP contribution in [0.3, 0.4) is 0 Å². The highest BCUT2D eigenvalue weighted by molar-refractivity contribution is 5.92. The van der Waals surface area contributed by atoms with E-state index in [4.69, 9.17) is 4.74 Å². The molecule has 1 N–H and O–H groups in total. The summed E-state index contributed by atoms with van der Waals surface area (Å²) in [6, 6.07) is 10.6. The van der Waals surface area contributed by atoms with Crippen LogP contribution in [0.15, 0.2) is 42.5 Å². The number of carbonyl (C=O) groups excluding carboxylic acids is 1. The third-order valence-electron chi connectivity index (χ3n) is 3.86. The number of nitro benzene ring substituents is 1. The fourth-order valence-corrected chi connectivity index (χ4v) is 2.20. The molecule has 6 nitrogen and oxygen atoms in total. The summed E-state index contributed by atoms with van der Waals surface area (Å²) in [5, 5.41) is 13.1. The molecule has 1 atom stereocenters. The van der Waals surface area contributed by atoms with Crippen LogP contribution in [0.5, 0.6) is 5.75 Å². The van der Waals surface area contributed by atoms with Gasteiger partial charge in [0.2, 0.25) is 5.82 Å². The number of hydrogen-bond acceptors (Lipinski definition) is 4. The lowest BCUT2D eigenvalue weighted by atomic mass is 9.99. The highest BCUT2D eigenvalue weighted by Gasteiger charge is 2.15. The molecule has 0 bridgehead atoms. The minimum absolute atomic E-state index is 0.133. The Hall–Kier alpha value is -2.96. The molecule has 0 saturated carbocycles. The largest absolute Gasteiger partial charge is 0.484 e. The van der Waals surface area contributed by atoms with Crippen molar-refractivity contribution in [3.05, 3.63) is 64.0 Å². The fourth-order valence-electron chi connectivity index (χ4n) is 2.20. The molecule has 7 heteroatoms. The van der Waals surface area contributed by atoms with E-state index in [1.165, 1.54) is 11.6 Å². The zero-order valence-corrected chi connectivity index (χ0v) is 14.0. The SMILES string of the molecule is CCC(C)c1ccc(OCC(=O)Nc2ccc(F)c([N+](=O)[O-])c2)cc1. The average Bonchev–Trinajstić information content (AvgIpc) is 2.61. The summed E-state index contributed by atoms with van der Waals surface area (Å²) in [6.45, 7) is 3.98. The van der Waals surface area contributed by atoms with E-state index in [1.807, 2.05) is 12.1 Å². The molecule has 0 aromatic heterocycles. The van der Waals surface area contributed by atoms with Crippen LogP contribution >= 0.6 is 0 Å². The first-order chi connectivity index (χ1) is 11.9. The number of rotatable bonds is 7. The molecule has 0 saturated heterocycles. The zero-order valence-electron chi connectivity index (χ0n) is 14.0. The number of nitro groups is 1. The number of amides is 1. The van der Waals surface area contributed by atoms with Crippen molar-refractivity contribution >= 4 is 17.3 Å². The van der Waals surface area contributed by atoms with Gasteiger partial charge in [-0.25, -0.2) is 0 Å². The quantitative estimate of drug-likeness (QED) is 0.600. The van der Waals surface area contributed by atoms with Crippen LogP contribution in [-0.4, -0.2) is 17.4 Å². The van der Waals surface area contributed by atoms with Crippen molar-refractivity contribution in [1.29, 1.82) is 0 Å². The number of carbonyl (C=O) groups is 1. The van der Waals surface area contributed by atoms with Crippen molar-refractivity contribution in [2.24, 2.45) is 0 Å². The second-order valence-corrected chi connectivity index (χ2v) is 5.64. The summed E-state index contributed by atoms with van der Waals surface area (Å²) < 4.78 is 18.7. The van der Waals surface area contributed by atoms with Gasteiger partial charge in [-0.2, -0.15) is 4.39 Å². The molecule has 0 aliphatic heterocycles. The number of hydrogen-bond donors (Lipinski definition) is 1. The number of nitrogens with zero attached hydrogens (tertiary/aromatic N) is 1. The first-order valence-corrected chi connectivity index (χ1v) is 7.87. The van der Waals surface area contributed by atoms with Crippen molar-refractivity contribution in [2.75, 3.05) is 11.9 Å². The Morgan fingerprint density at radius 3 is 2.56 bits per heavy atom. The number of benzene rings is 2. The molecule has 2 aromatic carbocycles. The van der Waals surface area contributed by atoms with E-state index in [0.29, 0.717) is 11.7 Å². The van der Waals surface area contributed by atoms with Gasteiger partial charge in [0.1, 0.15) is 5.75 Å². The van der Waals surface area contributed by atoms with Crippen LogP contribution in [0, 0.1) is 15.9 Å². The third-order valence-corrected chi connectivity index (χ3v) is 3.86. The number of anilines is 1. The Labute approximate surface area is 144 Å². The lowest BCUT2D eigenvalue weighted by Gasteiger charge is -2.11. The molecule has 2 aromatic rings. The first kappa shape index (κ1) is 18.4. The van der Waals surface area contributed by atoms with Crippen molar-refractivity contribution < 1.29 is 18.8 Å². The van der Waals surface area contributed by atoms with Crippen LogP contribution < -0.4 is 10.1 Å². The molecular weight excluding hydrogens is 327 g/mol. The van der Waals surface area contributed by atoms with Crippen molar-refractivity contribution in [3.8, 4) is 5.75 Å². The van der Waals surface area contributed by atoms with Gasteiger partial charge in [0, 0.05) is 11.8 Å². The van der Waals surface area contributed by atoms with Crippen LogP contribution in [0.25, 0.3) is 0 Å². The zero-order chi connectivity index (χ0) is 18.4. The van der Waals surface area contributed by atoms with Gasteiger partial charge >= 0.3 is 5.69 Å². The van der Waals surface area contributed by atoms with Gasteiger partial charge in [0.05, 0.1) is 4.92 Å². The minimum atomic E-state index is -0.958. The van der Waals surface area contributed by atoms with E-state index in [-0.39, 0.29) is 12.3 Å². The summed E-state index contributed by atoms with van der Waals surface area (Å²) >= 11 is 0. The summed E-state index contributed by atoms with van der Waals surface area (Å²) in [5.74, 6) is -0.452. The summed E-state index contributed by atoms with van der Waals surface area (Å²) in [4.78, 5) is 21.7. The monoisotopic (exact) mass is 346 g/mol. The maximum absolute atomic E-state index is 13.3.